The van der Waals surface area contributed by atoms with E-state index < -0.39 is 5.97 Å². The molecule has 0 radical (unpaired) electrons. The first-order chi connectivity index (χ1) is 15.2. The highest BCUT2D eigenvalue weighted by atomic mass is 16.5. The summed E-state index contributed by atoms with van der Waals surface area (Å²) in [6.07, 6.45) is 3.16. The van der Waals surface area contributed by atoms with Gasteiger partial charge in [0.1, 0.15) is 5.75 Å². The van der Waals surface area contributed by atoms with Crippen molar-refractivity contribution in [2.45, 2.75) is 0 Å². The molecule has 31 heavy (non-hydrogen) atoms. The van der Waals surface area contributed by atoms with E-state index in [0.29, 0.717) is 22.4 Å². The molecule has 3 nitrogen and oxygen atoms in total. The summed E-state index contributed by atoms with van der Waals surface area (Å²) < 4.78 is 5.53. The van der Waals surface area contributed by atoms with Crippen LogP contribution < -0.4 is 4.74 Å². The summed E-state index contributed by atoms with van der Waals surface area (Å²) in [5.74, 6) is -0.159. The summed E-state index contributed by atoms with van der Waals surface area (Å²) in [5.41, 5.74) is 3.87. The Morgan fingerprint density at radius 1 is 0.581 bits per heavy atom. The molecule has 0 aromatic heterocycles. The van der Waals surface area contributed by atoms with E-state index in [-0.39, 0.29) is 5.78 Å². The summed E-state index contributed by atoms with van der Waals surface area (Å²) in [4.78, 5) is 25.0. The lowest BCUT2D eigenvalue weighted by molar-refractivity contribution is 0.0734. The minimum Gasteiger partial charge on any atom is -0.422 e. The van der Waals surface area contributed by atoms with E-state index in [9.17, 15) is 9.59 Å². The van der Waals surface area contributed by atoms with E-state index in [1.54, 1.807) is 48.5 Å². The zero-order valence-corrected chi connectivity index (χ0v) is 16.8. The van der Waals surface area contributed by atoms with Gasteiger partial charge in [-0.3, -0.25) is 4.79 Å². The van der Waals surface area contributed by atoms with Crippen molar-refractivity contribution in [1.82, 2.24) is 0 Å². The number of allylic oxidation sites excluding steroid dienone is 1. The molecule has 0 N–H and O–H groups in total. The third-order valence-corrected chi connectivity index (χ3v) is 4.82. The molecule has 0 spiro atoms. The zero-order chi connectivity index (χ0) is 21.5. The van der Waals surface area contributed by atoms with Gasteiger partial charge in [0.15, 0.2) is 5.78 Å². The van der Waals surface area contributed by atoms with E-state index in [4.69, 9.17) is 4.74 Å². The smallest absolute Gasteiger partial charge is 0.343 e. The molecule has 0 aliphatic carbocycles. The molecule has 0 atom stereocenters. The Balaban J connectivity index is 1.48. The van der Waals surface area contributed by atoms with Crippen molar-refractivity contribution in [2.75, 3.05) is 0 Å². The third kappa shape index (κ3) is 5.03. The summed E-state index contributed by atoms with van der Waals surface area (Å²) >= 11 is 0. The van der Waals surface area contributed by atoms with Crippen LogP contribution in [0.25, 0.3) is 17.2 Å². The lowest BCUT2D eigenvalue weighted by Gasteiger charge is -2.07. The summed E-state index contributed by atoms with van der Waals surface area (Å²) in [7, 11) is 0. The van der Waals surface area contributed by atoms with Crippen LogP contribution in [0.15, 0.2) is 115 Å². The number of rotatable bonds is 6. The van der Waals surface area contributed by atoms with Gasteiger partial charge in [-0.1, -0.05) is 91.0 Å². The summed E-state index contributed by atoms with van der Waals surface area (Å²) in [6, 6.07) is 33.4. The van der Waals surface area contributed by atoms with Crippen LogP contribution in [0.4, 0.5) is 0 Å². The van der Waals surface area contributed by atoms with Crippen molar-refractivity contribution in [2.24, 2.45) is 0 Å². The number of ether oxygens (including phenoxy) is 1. The quantitative estimate of drug-likeness (QED) is 0.160. The predicted octanol–water partition coefficient (Wildman–Crippen LogP) is 6.47. The van der Waals surface area contributed by atoms with Crippen LogP contribution in [0.3, 0.4) is 0 Å². The molecule has 0 fully saturated rings. The zero-order valence-electron chi connectivity index (χ0n) is 16.8. The Bertz CT molecular complexity index is 1210. The number of carbonyl (C=O) groups is 2. The molecule has 0 heterocycles. The molecule has 0 saturated heterocycles. The van der Waals surface area contributed by atoms with Gasteiger partial charge in [0, 0.05) is 11.1 Å². The highest BCUT2D eigenvalue weighted by molar-refractivity contribution is 6.07. The van der Waals surface area contributed by atoms with Crippen molar-refractivity contribution in [3.05, 3.63) is 132 Å². The molecule has 4 aromatic rings. The Kier molecular flexibility index (Phi) is 6.15. The first kappa shape index (κ1) is 20.0. The SMILES string of the molecule is O=C(/C=C/c1ccccc1OC(=O)c1ccccc1)c1ccc(-c2ccccc2)cc1. The fraction of sp³-hybridized carbons (Fsp3) is 0. The van der Waals surface area contributed by atoms with Crippen LogP contribution >= 0.6 is 0 Å². The largest absolute Gasteiger partial charge is 0.422 e. The Morgan fingerprint density at radius 3 is 1.87 bits per heavy atom. The Morgan fingerprint density at radius 2 is 1.16 bits per heavy atom. The van der Waals surface area contributed by atoms with Crippen molar-refractivity contribution in [1.29, 1.82) is 0 Å². The fourth-order valence-electron chi connectivity index (χ4n) is 3.16. The van der Waals surface area contributed by atoms with Crippen LogP contribution in [-0.4, -0.2) is 11.8 Å². The van der Waals surface area contributed by atoms with Gasteiger partial charge < -0.3 is 4.74 Å². The Hall–Kier alpha value is -4.24. The van der Waals surface area contributed by atoms with Crippen molar-refractivity contribution >= 4 is 17.8 Å². The van der Waals surface area contributed by atoms with Crippen LogP contribution in [-0.2, 0) is 0 Å². The van der Waals surface area contributed by atoms with Gasteiger partial charge in [0.2, 0.25) is 0 Å². The molecular weight excluding hydrogens is 384 g/mol. The number of esters is 1. The Labute approximate surface area is 181 Å². The molecule has 3 heteroatoms. The molecule has 0 amide bonds. The fourth-order valence-corrected chi connectivity index (χ4v) is 3.16. The summed E-state index contributed by atoms with van der Waals surface area (Å²) in [6.45, 7) is 0. The maximum absolute atomic E-state index is 12.6. The lowest BCUT2D eigenvalue weighted by atomic mass is 10.0. The van der Waals surface area contributed by atoms with E-state index in [1.807, 2.05) is 66.7 Å². The van der Waals surface area contributed by atoms with Crippen molar-refractivity contribution in [3.63, 3.8) is 0 Å². The maximum atomic E-state index is 12.6. The number of ketones is 1. The van der Waals surface area contributed by atoms with Gasteiger partial charge in [-0.05, 0) is 41.5 Å². The topological polar surface area (TPSA) is 43.4 Å². The normalized spacial score (nSPS) is 10.7. The van der Waals surface area contributed by atoms with Crippen LogP contribution in [0, 0.1) is 0 Å². The molecule has 0 aliphatic rings. The van der Waals surface area contributed by atoms with Gasteiger partial charge in [0.25, 0.3) is 0 Å². The number of benzene rings is 4. The first-order valence-electron chi connectivity index (χ1n) is 9.95. The average Bonchev–Trinajstić information content (AvgIpc) is 2.84. The van der Waals surface area contributed by atoms with Crippen molar-refractivity contribution in [3.8, 4) is 16.9 Å². The maximum Gasteiger partial charge on any atom is 0.343 e. The highest BCUT2D eigenvalue weighted by Crippen LogP contribution is 2.22. The van der Waals surface area contributed by atoms with E-state index >= 15 is 0 Å². The van der Waals surface area contributed by atoms with E-state index in [0.717, 1.165) is 11.1 Å². The minimum atomic E-state index is -0.440. The standard InChI is InChI=1S/C28H20O3/c29-26(23-17-15-22(16-18-23)21-9-3-1-4-10-21)20-19-24-11-7-8-14-27(24)31-28(30)25-12-5-2-6-13-25/h1-20H/b20-19+. The number of hydrogen-bond donors (Lipinski definition) is 0. The highest BCUT2D eigenvalue weighted by Gasteiger charge is 2.10. The van der Waals surface area contributed by atoms with Gasteiger partial charge in [0.05, 0.1) is 5.56 Å². The van der Waals surface area contributed by atoms with Crippen molar-refractivity contribution < 1.29 is 14.3 Å². The van der Waals surface area contributed by atoms with E-state index in [1.165, 1.54) is 6.08 Å². The number of carbonyl (C=O) groups excluding carboxylic acids is 2. The molecule has 0 saturated carbocycles. The lowest BCUT2D eigenvalue weighted by Crippen LogP contribution is -2.08. The van der Waals surface area contributed by atoms with Gasteiger partial charge >= 0.3 is 5.97 Å². The monoisotopic (exact) mass is 404 g/mol. The minimum absolute atomic E-state index is 0.121. The molecule has 0 unspecified atom stereocenters. The second-order valence-electron chi connectivity index (χ2n) is 6.93. The first-order valence-corrected chi connectivity index (χ1v) is 9.95. The van der Waals surface area contributed by atoms with Gasteiger partial charge in [-0.15, -0.1) is 0 Å². The second kappa shape index (κ2) is 9.51. The van der Waals surface area contributed by atoms with Gasteiger partial charge in [-0.2, -0.15) is 0 Å². The van der Waals surface area contributed by atoms with Crippen LogP contribution in [0.1, 0.15) is 26.3 Å². The predicted molar refractivity (Wildman–Crippen MR) is 123 cm³/mol. The van der Waals surface area contributed by atoms with Crippen LogP contribution in [0.5, 0.6) is 5.75 Å². The molecule has 0 bridgehead atoms. The summed E-state index contributed by atoms with van der Waals surface area (Å²) in [5, 5.41) is 0. The average molecular weight is 404 g/mol. The third-order valence-electron chi connectivity index (χ3n) is 4.82. The molecule has 4 rings (SSSR count). The molecule has 0 aliphatic heterocycles. The number of hydrogen-bond acceptors (Lipinski definition) is 3. The molecule has 4 aromatic carbocycles. The molecular formula is C28H20O3. The van der Waals surface area contributed by atoms with Gasteiger partial charge in [-0.25, -0.2) is 4.79 Å². The molecule has 150 valence electrons. The second-order valence-corrected chi connectivity index (χ2v) is 6.93. The van der Waals surface area contributed by atoms with E-state index in [2.05, 4.69) is 0 Å². The number of para-hydroxylation sites is 1. The van der Waals surface area contributed by atoms with Crippen LogP contribution in [0.2, 0.25) is 0 Å².